The number of pyridine rings is 1. The zero-order chi connectivity index (χ0) is 12.7. The van der Waals surface area contributed by atoms with Crippen molar-refractivity contribution in [3.8, 4) is 0 Å². The maximum absolute atomic E-state index is 12.8. The van der Waals surface area contributed by atoms with E-state index in [1.54, 1.807) is 0 Å². The van der Waals surface area contributed by atoms with Crippen LogP contribution in [0.3, 0.4) is 0 Å². The summed E-state index contributed by atoms with van der Waals surface area (Å²) in [6.07, 6.45) is -4.27. The van der Waals surface area contributed by atoms with E-state index in [2.05, 4.69) is 0 Å². The van der Waals surface area contributed by atoms with Gasteiger partial charge in [-0.15, -0.1) is 0 Å². The molecule has 0 saturated heterocycles. The van der Waals surface area contributed by atoms with Gasteiger partial charge in [0.2, 0.25) is 0 Å². The van der Waals surface area contributed by atoms with E-state index in [1.807, 2.05) is 0 Å². The molecule has 1 aromatic rings. The first-order valence-electron chi connectivity index (χ1n) is 3.98. The van der Waals surface area contributed by atoms with Crippen molar-refractivity contribution in [2.24, 2.45) is 7.05 Å². The molecule has 1 rings (SSSR count). The van der Waals surface area contributed by atoms with E-state index in [9.17, 15) is 26.7 Å². The molecule has 0 saturated carbocycles. The maximum atomic E-state index is 12.8. The van der Waals surface area contributed by atoms with E-state index >= 15 is 0 Å². The lowest BCUT2D eigenvalue weighted by atomic mass is 10.2. The van der Waals surface area contributed by atoms with Crippen molar-refractivity contribution in [1.82, 2.24) is 4.57 Å². The molecule has 1 heterocycles. The van der Waals surface area contributed by atoms with Crippen molar-refractivity contribution in [1.29, 1.82) is 0 Å². The molecule has 1 aromatic heterocycles. The second kappa shape index (κ2) is 3.80. The molecule has 2 nitrogen and oxygen atoms in total. The minimum atomic E-state index is -4.94. The highest BCUT2D eigenvalue weighted by atomic mass is 31.0. The Morgan fingerprint density at radius 2 is 1.75 bits per heavy atom. The molecule has 1 unspecified atom stereocenters. The predicted octanol–water partition coefficient (Wildman–Crippen LogP) is 2.33. The Kier molecular flexibility index (Phi) is 3.11. The van der Waals surface area contributed by atoms with Gasteiger partial charge in [-0.1, -0.05) is 9.24 Å². The van der Waals surface area contributed by atoms with Gasteiger partial charge in [0.05, 0.1) is 0 Å². The van der Waals surface area contributed by atoms with Crippen LogP contribution < -0.4 is 5.56 Å². The Morgan fingerprint density at radius 1 is 1.25 bits per heavy atom. The van der Waals surface area contributed by atoms with Crippen LogP contribution in [-0.2, 0) is 18.9 Å². The molecule has 0 aliphatic rings. The van der Waals surface area contributed by atoms with Gasteiger partial charge in [0.1, 0.15) is 5.56 Å². The third kappa shape index (κ3) is 2.58. The summed E-state index contributed by atoms with van der Waals surface area (Å²) in [4.78, 5) is 11.1. The highest BCUT2D eigenvalue weighted by Crippen LogP contribution is 2.36. The molecule has 0 fully saturated rings. The smallest absolute Gasteiger partial charge is 0.318 e. The van der Waals surface area contributed by atoms with Crippen molar-refractivity contribution in [2.75, 3.05) is 0 Å². The summed E-state index contributed by atoms with van der Waals surface area (Å²) in [5.74, 6) is 0. The standard InChI is InChI=1S/C8H7F5NOP/c1-14-3-4(8(12,13)16)2-5(6(14)15)7(9,10)11/h2-3H,16H2,1H3. The van der Waals surface area contributed by atoms with E-state index in [0.717, 1.165) is 16.3 Å². The summed E-state index contributed by atoms with van der Waals surface area (Å²) in [5.41, 5.74) is -7.35. The van der Waals surface area contributed by atoms with Gasteiger partial charge >= 0.3 is 6.18 Å². The van der Waals surface area contributed by atoms with Crippen LogP contribution in [0.1, 0.15) is 11.1 Å². The van der Waals surface area contributed by atoms with Crippen molar-refractivity contribution in [3.63, 3.8) is 0 Å². The molecule has 0 N–H and O–H groups in total. The fourth-order valence-electron chi connectivity index (χ4n) is 1.10. The molecule has 90 valence electrons. The summed E-state index contributed by atoms with van der Waals surface area (Å²) in [6, 6.07) is 0.162. The fraction of sp³-hybridized carbons (Fsp3) is 0.375. The quantitative estimate of drug-likeness (QED) is 0.560. The van der Waals surface area contributed by atoms with Crippen LogP contribution in [0.25, 0.3) is 0 Å². The number of hydrogen-bond donors (Lipinski definition) is 0. The minimum absolute atomic E-state index is 0.162. The molecule has 8 heteroatoms. The number of alkyl halides is 5. The zero-order valence-corrected chi connectivity index (χ0v) is 9.13. The summed E-state index contributed by atoms with van der Waals surface area (Å²) in [6.45, 7) is 0. The Bertz CT molecular complexity index is 459. The van der Waals surface area contributed by atoms with Crippen LogP contribution in [0.15, 0.2) is 17.1 Å². The average molecular weight is 259 g/mol. The van der Waals surface area contributed by atoms with Gasteiger partial charge in [0, 0.05) is 18.8 Å². The number of nitrogens with zero attached hydrogens (tertiary/aromatic N) is 1. The summed E-state index contributed by atoms with van der Waals surface area (Å²) in [7, 11) is 2.10. The topological polar surface area (TPSA) is 22.0 Å². The van der Waals surface area contributed by atoms with Gasteiger partial charge in [-0.2, -0.15) is 22.0 Å². The lowest BCUT2D eigenvalue weighted by Gasteiger charge is -2.14. The predicted molar refractivity (Wildman–Crippen MR) is 50.3 cm³/mol. The molecule has 0 radical (unpaired) electrons. The summed E-state index contributed by atoms with van der Waals surface area (Å²) >= 11 is 0. The molecule has 0 spiro atoms. The summed E-state index contributed by atoms with van der Waals surface area (Å²) in [5, 5.41) is 0. The molecular formula is C8H7F5NOP. The zero-order valence-electron chi connectivity index (χ0n) is 7.98. The van der Waals surface area contributed by atoms with Crippen molar-refractivity contribution in [3.05, 3.63) is 33.7 Å². The Balaban J connectivity index is 3.53. The van der Waals surface area contributed by atoms with E-state index in [0.29, 0.717) is 10.8 Å². The SMILES string of the molecule is Cn1cc(C(F)(F)P)cc(C(F)(F)F)c1=O. The van der Waals surface area contributed by atoms with Gasteiger partial charge in [-0.05, 0) is 6.07 Å². The third-order valence-electron chi connectivity index (χ3n) is 1.87. The van der Waals surface area contributed by atoms with E-state index in [-0.39, 0.29) is 6.07 Å². The molecule has 0 aromatic carbocycles. The lowest BCUT2D eigenvalue weighted by Crippen LogP contribution is -2.28. The lowest BCUT2D eigenvalue weighted by molar-refractivity contribution is -0.139. The average Bonchev–Trinajstić information content (AvgIpc) is 2.05. The van der Waals surface area contributed by atoms with Gasteiger partial charge in [-0.25, -0.2) is 0 Å². The number of rotatable bonds is 1. The van der Waals surface area contributed by atoms with Crippen molar-refractivity contribution < 1.29 is 22.0 Å². The van der Waals surface area contributed by atoms with Crippen LogP contribution >= 0.6 is 9.24 Å². The molecular weight excluding hydrogens is 252 g/mol. The Labute approximate surface area is 89.3 Å². The van der Waals surface area contributed by atoms with E-state index < -0.39 is 28.5 Å². The first kappa shape index (κ1) is 13.1. The van der Waals surface area contributed by atoms with Crippen LogP contribution in [0.2, 0.25) is 0 Å². The maximum Gasteiger partial charge on any atom is 0.421 e. The molecule has 1 atom stereocenters. The van der Waals surface area contributed by atoms with Crippen molar-refractivity contribution >= 4 is 9.24 Å². The molecule has 0 aliphatic heterocycles. The number of halogens is 5. The van der Waals surface area contributed by atoms with E-state index in [4.69, 9.17) is 0 Å². The second-order valence-corrected chi connectivity index (χ2v) is 3.90. The highest BCUT2D eigenvalue weighted by Gasteiger charge is 2.37. The molecule has 0 amide bonds. The highest BCUT2D eigenvalue weighted by molar-refractivity contribution is 7.17. The number of hydrogen-bond acceptors (Lipinski definition) is 1. The fourth-order valence-corrected chi connectivity index (χ4v) is 1.25. The molecule has 16 heavy (non-hydrogen) atoms. The third-order valence-corrected chi connectivity index (χ3v) is 2.21. The van der Waals surface area contributed by atoms with Crippen LogP contribution in [-0.4, -0.2) is 4.57 Å². The van der Waals surface area contributed by atoms with Gasteiger partial charge in [0.15, 0.2) is 0 Å². The largest absolute Gasteiger partial charge is 0.421 e. The number of aryl methyl sites for hydroxylation is 1. The Morgan fingerprint density at radius 3 is 2.12 bits per heavy atom. The van der Waals surface area contributed by atoms with Crippen molar-refractivity contribution in [2.45, 2.75) is 11.8 Å². The van der Waals surface area contributed by atoms with Crippen LogP contribution in [0, 0.1) is 0 Å². The Hall–Kier alpha value is -0.970. The minimum Gasteiger partial charge on any atom is -0.318 e. The first-order chi connectivity index (χ1) is 7.03. The normalized spacial score (nSPS) is 12.9. The first-order valence-corrected chi connectivity index (χ1v) is 4.56. The molecule has 0 aliphatic carbocycles. The van der Waals surface area contributed by atoms with Gasteiger partial charge < -0.3 is 4.57 Å². The number of aromatic nitrogens is 1. The van der Waals surface area contributed by atoms with Gasteiger partial charge in [-0.3, -0.25) is 4.79 Å². The summed E-state index contributed by atoms with van der Waals surface area (Å²) < 4.78 is 63.1. The van der Waals surface area contributed by atoms with Gasteiger partial charge in [0.25, 0.3) is 11.2 Å². The van der Waals surface area contributed by atoms with Crippen LogP contribution in [0.4, 0.5) is 22.0 Å². The molecule has 0 bridgehead atoms. The second-order valence-electron chi connectivity index (χ2n) is 3.18. The monoisotopic (exact) mass is 259 g/mol. The van der Waals surface area contributed by atoms with Crippen LogP contribution in [0.5, 0.6) is 0 Å². The van der Waals surface area contributed by atoms with E-state index in [1.165, 1.54) is 0 Å².